The molecule has 1 aliphatic heterocycles. The molecule has 0 saturated carbocycles. The van der Waals surface area contributed by atoms with Gasteiger partial charge in [-0.2, -0.15) is 0 Å². The second-order valence-electron chi connectivity index (χ2n) is 7.98. The average molecular weight is 438 g/mol. The number of rotatable bonds is 5. The van der Waals surface area contributed by atoms with Gasteiger partial charge in [0.2, 0.25) is 5.91 Å². The zero-order valence-corrected chi connectivity index (χ0v) is 18.1. The van der Waals surface area contributed by atoms with Crippen LogP contribution in [0.1, 0.15) is 33.6 Å². The maximum atomic E-state index is 12.8. The van der Waals surface area contributed by atoms with E-state index in [-0.39, 0.29) is 12.5 Å². The molecule has 0 atom stereocenters. The highest BCUT2D eigenvalue weighted by Gasteiger charge is 2.22. The van der Waals surface area contributed by atoms with Gasteiger partial charge in [0.05, 0.1) is 22.5 Å². The van der Waals surface area contributed by atoms with Crippen molar-refractivity contribution in [1.82, 2.24) is 4.98 Å². The lowest BCUT2D eigenvalue weighted by molar-refractivity contribution is -0.116. The minimum Gasteiger partial charge on any atom is -0.487 e. The van der Waals surface area contributed by atoms with Gasteiger partial charge in [-0.3, -0.25) is 4.79 Å². The number of pyridine rings is 1. The van der Waals surface area contributed by atoms with Crippen molar-refractivity contribution in [2.24, 2.45) is 0 Å². The van der Waals surface area contributed by atoms with Crippen LogP contribution in [0.25, 0.3) is 10.9 Å². The molecule has 164 valence electrons. The van der Waals surface area contributed by atoms with E-state index in [9.17, 15) is 9.59 Å². The van der Waals surface area contributed by atoms with E-state index in [4.69, 9.17) is 9.47 Å². The fraction of sp³-hybridized carbons (Fsp3) is 0.148. The summed E-state index contributed by atoms with van der Waals surface area (Å²) in [5.74, 6) is 0.511. The largest absolute Gasteiger partial charge is 0.487 e. The Morgan fingerprint density at radius 3 is 2.79 bits per heavy atom. The SMILES string of the molecule is Cc1ccc(OC(=O)c2cccc(OCc3ccc4ccccc4n3)c2)c2c1NC(=O)CC2. The summed E-state index contributed by atoms with van der Waals surface area (Å²) >= 11 is 0. The van der Waals surface area contributed by atoms with Crippen molar-refractivity contribution in [3.8, 4) is 11.5 Å². The van der Waals surface area contributed by atoms with Crippen LogP contribution in [-0.4, -0.2) is 16.9 Å². The number of aryl methyl sites for hydroxylation is 1. The lowest BCUT2D eigenvalue weighted by atomic mass is 9.98. The van der Waals surface area contributed by atoms with E-state index in [1.165, 1.54) is 0 Å². The van der Waals surface area contributed by atoms with E-state index < -0.39 is 5.97 Å². The molecule has 6 nitrogen and oxygen atoms in total. The van der Waals surface area contributed by atoms with Gasteiger partial charge in [-0.25, -0.2) is 9.78 Å². The lowest BCUT2D eigenvalue weighted by Gasteiger charge is -2.21. The Morgan fingerprint density at radius 2 is 1.88 bits per heavy atom. The van der Waals surface area contributed by atoms with Crippen LogP contribution in [0.2, 0.25) is 0 Å². The molecule has 0 spiro atoms. The van der Waals surface area contributed by atoms with Gasteiger partial charge in [0, 0.05) is 17.4 Å². The first-order valence-electron chi connectivity index (χ1n) is 10.8. The number of esters is 1. The Morgan fingerprint density at radius 1 is 1.00 bits per heavy atom. The Kier molecular flexibility index (Phi) is 5.48. The second-order valence-corrected chi connectivity index (χ2v) is 7.98. The Labute approximate surface area is 191 Å². The first kappa shape index (κ1) is 20.7. The molecule has 4 aromatic rings. The molecule has 33 heavy (non-hydrogen) atoms. The molecule has 2 heterocycles. The molecule has 5 rings (SSSR count). The Balaban J connectivity index is 1.30. The van der Waals surface area contributed by atoms with Crippen LogP contribution in [0.4, 0.5) is 5.69 Å². The molecular weight excluding hydrogens is 416 g/mol. The van der Waals surface area contributed by atoms with Crippen molar-refractivity contribution in [2.75, 3.05) is 5.32 Å². The molecule has 0 bridgehead atoms. The number of aromatic nitrogens is 1. The standard InChI is InChI=1S/C27H22N2O4/c1-17-9-13-24(22-12-14-25(30)29-26(17)22)33-27(31)19-6-4-7-21(15-19)32-16-20-11-10-18-5-2-3-8-23(18)28-20/h2-11,13,15H,12,14,16H2,1H3,(H,29,30). The molecular formula is C27H22N2O4. The topological polar surface area (TPSA) is 77.5 Å². The van der Waals surface area contributed by atoms with Gasteiger partial charge in [0.1, 0.15) is 18.1 Å². The molecule has 0 radical (unpaired) electrons. The van der Waals surface area contributed by atoms with Gasteiger partial charge in [-0.15, -0.1) is 0 Å². The number of carbonyl (C=O) groups is 2. The number of hydrogen-bond acceptors (Lipinski definition) is 5. The van der Waals surface area contributed by atoms with E-state index in [1.807, 2.05) is 49.4 Å². The molecule has 1 aromatic heterocycles. The summed E-state index contributed by atoms with van der Waals surface area (Å²) in [4.78, 5) is 29.2. The van der Waals surface area contributed by atoms with Crippen LogP contribution >= 0.6 is 0 Å². The number of benzene rings is 3. The molecule has 0 saturated heterocycles. The number of fused-ring (bicyclic) bond motifs is 2. The molecule has 1 aliphatic rings. The summed E-state index contributed by atoms with van der Waals surface area (Å²) in [5.41, 5.74) is 4.61. The number of amides is 1. The number of hydrogen-bond donors (Lipinski definition) is 1. The first-order valence-corrected chi connectivity index (χ1v) is 10.8. The quantitative estimate of drug-likeness (QED) is 0.341. The molecule has 1 N–H and O–H groups in total. The summed E-state index contributed by atoms with van der Waals surface area (Å²) in [5, 5.41) is 3.95. The van der Waals surface area contributed by atoms with Gasteiger partial charge < -0.3 is 14.8 Å². The fourth-order valence-corrected chi connectivity index (χ4v) is 3.92. The third-order valence-corrected chi connectivity index (χ3v) is 5.66. The summed E-state index contributed by atoms with van der Waals surface area (Å²) in [7, 11) is 0. The van der Waals surface area contributed by atoms with Crippen LogP contribution in [0.5, 0.6) is 11.5 Å². The van der Waals surface area contributed by atoms with E-state index in [2.05, 4.69) is 10.3 Å². The lowest BCUT2D eigenvalue weighted by Crippen LogP contribution is -2.21. The maximum absolute atomic E-state index is 12.8. The normalized spacial score (nSPS) is 12.7. The summed E-state index contributed by atoms with van der Waals surface area (Å²) in [6.07, 6.45) is 0.903. The van der Waals surface area contributed by atoms with Gasteiger partial charge in [0.25, 0.3) is 0 Å². The number of nitrogens with one attached hydrogen (secondary N) is 1. The fourth-order valence-electron chi connectivity index (χ4n) is 3.92. The predicted octanol–water partition coefficient (Wildman–Crippen LogP) is 5.23. The minimum absolute atomic E-state index is 0.0279. The number of carbonyl (C=O) groups excluding carboxylic acids is 2. The minimum atomic E-state index is -0.479. The molecule has 0 aliphatic carbocycles. The number of nitrogens with zero attached hydrogens (tertiary/aromatic N) is 1. The Hall–Kier alpha value is -4.19. The van der Waals surface area contributed by atoms with Gasteiger partial charge >= 0.3 is 5.97 Å². The molecule has 1 amide bonds. The highest BCUT2D eigenvalue weighted by molar-refractivity contribution is 5.96. The van der Waals surface area contributed by atoms with Crippen molar-refractivity contribution in [2.45, 2.75) is 26.4 Å². The van der Waals surface area contributed by atoms with Crippen molar-refractivity contribution >= 4 is 28.5 Å². The summed E-state index contributed by atoms with van der Waals surface area (Å²) < 4.78 is 11.6. The zero-order valence-electron chi connectivity index (χ0n) is 18.1. The molecule has 6 heteroatoms. The van der Waals surface area contributed by atoms with E-state index >= 15 is 0 Å². The number of para-hydroxylation sites is 1. The zero-order chi connectivity index (χ0) is 22.8. The third kappa shape index (κ3) is 4.41. The van der Waals surface area contributed by atoms with Crippen molar-refractivity contribution in [1.29, 1.82) is 0 Å². The van der Waals surface area contributed by atoms with E-state index in [0.29, 0.717) is 29.9 Å². The highest BCUT2D eigenvalue weighted by atomic mass is 16.5. The van der Waals surface area contributed by atoms with Crippen LogP contribution in [-0.2, 0) is 17.8 Å². The maximum Gasteiger partial charge on any atom is 0.343 e. The van der Waals surface area contributed by atoms with Crippen LogP contribution in [0.15, 0.2) is 72.8 Å². The number of anilines is 1. The van der Waals surface area contributed by atoms with Gasteiger partial charge in [0.15, 0.2) is 0 Å². The molecule has 0 fully saturated rings. The first-order chi connectivity index (χ1) is 16.1. The van der Waals surface area contributed by atoms with Crippen LogP contribution in [0, 0.1) is 6.92 Å². The van der Waals surface area contributed by atoms with Gasteiger partial charge in [-0.1, -0.05) is 36.4 Å². The van der Waals surface area contributed by atoms with Crippen LogP contribution < -0.4 is 14.8 Å². The monoisotopic (exact) mass is 438 g/mol. The van der Waals surface area contributed by atoms with Crippen molar-refractivity contribution < 1.29 is 19.1 Å². The Bertz CT molecular complexity index is 1380. The van der Waals surface area contributed by atoms with Crippen molar-refractivity contribution in [3.63, 3.8) is 0 Å². The van der Waals surface area contributed by atoms with Crippen molar-refractivity contribution in [3.05, 3.63) is 95.2 Å². The highest BCUT2D eigenvalue weighted by Crippen LogP contribution is 2.34. The molecule has 3 aromatic carbocycles. The second kappa shape index (κ2) is 8.74. The smallest absolute Gasteiger partial charge is 0.343 e. The van der Waals surface area contributed by atoms with E-state index in [0.717, 1.165) is 33.4 Å². The number of ether oxygens (including phenoxy) is 2. The van der Waals surface area contributed by atoms with Gasteiger partial charge in [-0.05, 0) is 55.3 Å². The molecule has 0 unspecified atom stereocenters. The summed E-state index contributed by atoms with van der Waals surface area (Å²) in [6.45, 7) is 2.20. The predicted molar refractivity (Wildman–Crippen MR) is 126 cm³/mol. The third-order valence-electron chi connectivity index (χ3n) is 5.66. The average Bonchev–Trinajstić information content (AvgIpc) is 2.84. The van der Waals surface area contributed by atoms with E-state index in [1.54, 1.807) is 30.3 Å². The summed E-state index contributed by atoms with van der Waals surface area (Å²) in [6, 6.07) is 22.4. The van der Waals surface area contributed by atoms with Crippen LogP contribution in [0.3, 0.4) is 0 Å².